The van der Waals surface area contributed by atoms with Gasteiger partial charge in [0, 0.05) is 30.8 Å². The molecule has 0 aliphatic carbocycles. The number of carboxylic acids is 1. The van der Waals surface area contributed by atoms with Crippen molar-refractivity contribution < 1.29 is 14.7 Å². The van der Waals surface area contributed by atoms with Crippen LogP contribution in [-0.2, 0) is 4.79 Å². The Hall–Kier alpha value is -2.90. The number of aliphatic carboxylic acids is 1. The topological polar surface area (TPSA) is 123 Å². The normalized spacial score (nSPS) is 18.6. The van der Waals surface area contributed by atoms with E-state index in [9.17, 15) is 9.59 Å². The Balaban J connectivity index is 1.59. The molecule has 0 radical (unpaired) electrons. The van der Waals surface area contributed by atoms with Gasteiger partial charge in [-0.05, 0) is 25.0 Å². The van der Waals surface area contributed by atoms with Crippen molar-refractivity contribution in [3.05, 3.63) is 35.4 Å². The zero-order valence-electron chi connectivity index (χ0n) is 13.8. The molecule has 25 heavy (non-hydrogen) atoms. The average molecular weight is 343 g/mol. The van der Waals surface area contributed by atoms with Gasteiger partial charge in [-0.1, -0.05) is 12.1 Å². The van der Waals surface area contributed by atoms with Crippen molar-refractivity contribution in [2.45, 2.75) is 18.4 Å². The Bertz CT molecular complexity index is 720. The molecule has 1 spiro atoms. The highest BCUT2D eigenvalue weighted by Crippen LogP contribution is 2.31. The maximum atomic E-state index is 12.6. The monoisotopic (exact) mass is 343 g/mol. The van der Waals surface area contributed by atoms with Crippen LogP contribution in [0.1, 0.15) is 28.8 Å². The first-order valence-corrected chi connectivity index (χ1v) is 8.13. The molecule has 8 heteroatoms. The number of carbonyl (C=O) groups excluding carboxylic acids is 1. The first kappa shape index (κ1) is 16.9. The molecule has 2 aliphatic heterocycles. The van der Waals surface area contributed by atoms with Gasteiger partial charge in [0.05, 0.1) is 11.9 Å². The number of nitrogens with one attached hydrogen (secondary N) is 1. The number of likely N-dealkylation sites (tertiary alicyclic amines) is 1. The van der Waals surface area contributed by atoms with E-state index in [1.165, 1.54) is 0 Å². The van der Waals surface area contributed by atoms with Crippen LogP contribution >= 0.6 is 0 Å². The third-order valence-electron chi connectivity index (χ3n) is 4.75. The Labute approximate surface area is 145 Å². The van der Waals surface area contributed by atoms with Crippen LogP contribution in [0.4, 0.5) is 0 Å². The Morgan fingerprint density at radius 2 is 1.80 bits per heavy atom. The lowest BCUT2D eigenvalue weighted by molar-refractivity contribution is -0.137. The zero-order valence-corrected chi connectivity index (χ0v) is 13.8. The van der Waals surface area contributed by atoms with Crippen LogP contribution in [0.2, 0.25) is 0 Å². The minimum Gasteiger partial charge on any atom is -0.480 e. The zero-order chi connectivity index (χ0) is 18.0. The summed E-state index contributed by atoms with van der Waals surface area (Å²) in [6.45, 7) is 1.72. The second-order valence-electron chi connectivity index (χ2n) is 6.55. The van der Waals surface area contributed by atoms with E-state index >= 15 is 0 Å². The molecule has 0 unspecified atom stereocenters. The number of carbonyl (C=O) groups is 2. The standard InChI is InChI=1S/C17H21N5O3/c18-15(19)12-1-3-13(4-2-12)16(25)22-7-5-17(6-8-22)10-21(11-20-17)9-14(23)24/h1-4,11H,5-10H2,(H3,18,19)(H,23,24). The van der Waals surface area contributed by atoms with E-state index in [0.717, 1.165) is 12.8 Å². The largest absolute Gasteiger partial charge is 0.480 e. The first-order chi connectivity index (χ1) is 11.9. The summed E-state index contributed by atoms with van der Waals surface area (Å²) in [5.41, 5.74) is 6.31. The van der Waals surface area contributed by atoms with Gasteiger partial charge in [0.25, 0.3) is 5.91 Å². The van der Waals surface area contributed by atoms with Crippen LogP contribution in [0, 0.1) is 5.41 Å². The predicted molar refractivity (Wildman–Crippen MR) is 93.0 cm³/mol. The fourth-order valence-electron chi connectivity index (χ4n) is 3.32. The van der Waals surface area contributed by atoms with E-state index < -0.39 is 5.97 Å². The number of nitrogens with two attached hydrogens (primary N) is 1. The minimum atomic E-state index is -0.870. The quantitative estimate of drug-likeness (QED) is 0.538. The van der Waals surface area contributed by atoms with Crippen molar-refractivity contribution in [1.29, 1.82) is 5.41 Å². The fraction of sp³-hybridized carbons (Fsp3) is 0.412. The molecule has 0 bridgehead atoms. The van der Waals surface area contributed by atoms with Crippen LogP contribution in [0.5, 0.6) is 0 Å². The lowest BCUT2D eigenvalue weighted by atomic mass is 9.88. The summed E-state index contributed by atoms with van der Waals surface area (Å²) in [6, 6.07) is 6.72. The number of carboxylic acid groups (broad SMARTS) is 1. The molecular formula is C17H21N5O3. The molecule has 1 saturated heterocycles. The Morgan fingerprint density at radius 3 is 2.36 bits per heavy atom. The molecular weight excluding hydrogens is 322 g/mol. The summed E-state index contributed by atoms with van der Waals surface area (Å²) < 4.78 is 0. The average Bonchev–Trinajstić information content (AvgIpc) is 2.96. The van der Waals surface area contributed by atoms with Gasteiger partial charge in [-0.2, -0.15) is 0 Å². The number of rotatable bonds is 4. The third-order valence-corrected chi connectivity index (χ3v) is 4.75. The van der Waals surface area contributed by atoms with Crippen LogP contribution < -0.4 is 5.73 Å². The molecule has 1 aromatic rings. The van der Waals surface area contributed by atoms with E-state index in [1.54, 1.807) is 40.4 Å². The number of nitrogens with zero attached hydrogens (tertiary/aromatic N) is 3. The summed E-state index contributed by atoms with van der Waals surface area (Å²) in [7, 11) is 0. The van der Waals surface area contributed by atoms with Crippen molar-refractivity contribution in [3.8, 4) is 0 Å². The smallest absolute Gasteiger partial charge is 0.323 e. The lowest BCUT2D eigenvalue weighted by Crippen LogP contribution is -2.48. The number of hydrogen-bond donors (Lipinski definition) is 3. The summed E-state index contributed by atoms with van der Waals surface area (Å²) in [5, 5.41) is 16.3. The summed E-state index contributed by atoms with van der Waals surface area (Å²) in [6.07, 6.45) is 3.06. The summed E-state index contributed by atoms with van der Waals surface area (Å²) in [4.78, 5) is 31.4. The lowest BCUT2D eigenvalue weighted by Gasteiger charge is -2.37. The number of amides is 1. The fourth-order valence-corrected chi connectivity index (χ4v) is 3.32. The van der Waals surface area contributed by atoms with Crippen molar-refractivity contribution in [2.24, 2.45) is 10.7 Å². The maximum Gasteiger partial charge on any atom is 0.323 e. The van der Waals surface area contributed by atoms with Gasteiger partial charge in [-0.3, -0.25) is 20.0 Å². The second-order valence-corrected chi connectivity index (χ2v) is 6.55. The summed E-state index contributed by atoms with van der Waals surface area (Å²) >= 11 is 0. The van der Waals surface area contributed by atoms with Crippen LogP contribution in [-0.4, -0.2) is 70.7 Å². The van der Waals surface area contributed by atoms with Crippen molar-refractivity contribution in [1.82, 2.24) is 9.80 Å². The van der Waals surface area contributed by atoms with Crippen molar-refractivity contribution in [2.75, 3.05) is 26.2 Å². The molecule has 3 rings (SSSR count). The van der Waals surface area contributed by atoms with E-state index in [4.69, 9.17) is 16.2 Å². The number of amidine groups is 1. The van der Waals surface area contributed by atoms with E-state index in [0.29, 0.717) is 30.8 Å². The van der Waals surface area contributed by atoms with E-state index in [-0.39, 0.29) is 23.8 Å². The molecule has 2 heterocycles. The second kappa shape index (κ2) is 6.54. The van der Waals surface area contributed by atoms with Gasteiger partial charge in [-0.15, -0.1) is 0 Å². The van der Waals surface area contributed by atoms with E-state index in [2.05, 4.69) is 4.99 Å². The maximum absolute atomic E-state index is 12.6. The van der Waals surface area contributed by atoms with Crippen molar-refractivity contribution >= 4 is 24.1 Å². The van der Waals surface area contributed by atoms with Gasteiger partial charge in [0.1, 0.15) is 12.4 Å². The SMILES string of the molecule is N=C(N)c1ccc(C(=O)N2CCC3(CC2)CN(CC(=O)O)C=N3)cc1. The molecule has 0 saturated carbocycles. The highest BCUT2D eigenvalue weighted by atomic mass is 16.4. The van der Waals surface area contributed by atoms with Crippen LogP contribution in [0.3, 0.4) is 0 Å². The molecule has 0 atom stereocenters. The molecule has 1 amide bonds. The molecule has 1 fully saturated rings. The number of piperidine rings is 1. The van der Waals surface area contributed by atoms with Crippen molar-refractivity contribution in [3.63, 3.8) is 0 Å². The Kier molecular flexibility index (Phi) is 4.43. The minimum absolute atomic E-state index is 0.0241. The highest BCUT2D eigenvalue weighted by Gasteiger charge is 2.39. The molecule has 8 nitrogen and oxygen atoms in total. The van der Waals surface area contributed by atoms with Gasteiger partial charge in [0.2, 0.25) is 0 Å². The Morgan fingerprint density at radius 1 is 1.20 bits per heavy atom. The number of hydrogen-bond acceptors (Lipinski definition) is 5. The molecule has 4 N–H and O–H groups in total. The van der Waals surface area contributed by atoms with Gasteiger partial charge in [-0.25, -0.2) is 0 Å². The van der Waals surface area contributed by atoms with Gasteiger partial charge in [0.15, 0.2) is 0 Å². The summed E-state index contributed by atoms with van der Waals surface area (Å²) in [5.74, 6) is -0.941. The molecule has 2 aliphatic rings. The van der Waals surface area contributed by atoms with Gasteiger partial charge >= 0.3 is 5.97 Å². The molecule has 132 valence electrons. The number of aliphatic imine (C=N–C) groups is 1. The van der Waals surface area contributed by atoms with E-state index in [1.807, 2.05) is 0 Å². The van der Waals surface area contributed by atoms with Crippen LogP contribution in [0.15, 0.2) is 29.3 Å². The highest BCUT2D eigenvalue weighted by molar-refractivity contribution is 5.98. The molecule has 0 aromatic heterocycles. The van der Waals surface area contributed by atoms with Gasteiger partial charge < -0.3 is 20.6 Å². The predicted octanol–water partition coefficient (Wildman–Crippen LogP) is 0.374. The molecule has 1 aromatic carbocycles. The van der Waals surface area contributed by atoms with Crippen LogP contribution in [0.25, 0.3) is 0 Å². The number of benzene rings is 1. The third kappa shape index (κ3) is 3.62. The number of nitrogen functional groups attached to an aromatic ring is 1. The first-order valence-electron chi connectivity index (χ1n) is 8.13.